The van der Waals surface area contributed by atoms with Crippen LogP contribution < -0.4 is 5.56 Å². The molecule has 1 fully saturated rings. The Bertz CT molecular complexity index is 933. The average molecular weight is 372 g/mol. The second kappa shape index (κ2) is 7.15. The van der Waals surface area contributed by atoms with Crippen molar-refractivity contribution < 1.29 is 19.4 Å². The minimum absolute atomic E-state index is 0.214. The van der Waals surface area contributed by atoms with Gasteiger partial charge in [-0.3, -0.25) is 14.4 Å². The molecule has 2 atom stereocenters. The number of carboxylic acid groups (broad SMARTS) is 1. The van der Waals surface area contributed by atoms with Gasteiger partial charge in [0.1, 0.15) is 0 Å². The number of carbonyl (C=O) groups excluding carboxylic acids is 1. The molecule has 0 radical (unpaired) electrons. The van der Waals surface area contributed by atoms with Gasteiger partial charge in [0.05, 0.1) is 18.4 Å². The van der Waals surface area contributed by atoms with Gasteiger partial charge in [0.25, 0.3) is 0 Å². The van der Waals surface area contributed by atoms with E-state index in [2.05, 4.69) is 4.98 Å². The van der Waals surface area contributed by atoms with Crippen LogP contribution in [0.15, 0.2) is 35.1 Å². The van der Waals surface area contributed by atoms with E-state index in [1.54, 1.807) is 25.9 Å². The fraction of sp³-hybridized carbons (Fsp3) is 0.450. The number of hydrogen-bond acceptors (Lipinski definition) is 4. The second-order valence-corrected chi connectivity index (χ2v) is 7.57. The lowest BCUT2D eigenvalue weighted by Gasteiger charge is -2.24. The van der Waals surface area contributed by atoms with E-state index >= 15 is 0 Å². The van der Waals surface area contributed by atoms with Gasteiger partial charge < -0.3 is 19.7 Å². The number of para-hydroxylation sites is 1. The highest BCUT2D eigenvalue weighted by molar-refractivity contribution is 5.92. The molecule has 0 spiro atoms. The van der Waals surface area contributed by atoms with E-state index in [0.29, 0.717) is 18.7 Å². The number of methoxy groups -OCH3 is 1. The largest absolute Gasteiger partial charge is 0.481 e. The van der Waals surface area contributed by atoms with Crippen molar-refractivity contribution in [2.24, 2.45) is 17.3 Å². The van der Waals surface area contributed by atoms with Gasteiger partial charge in [-0.1, -0.05) is 32.0 Å². The number of aromatic nitrogens is 1. The van der Waals surface area contributed by atoms with Gasteiger partial charge in [0, 0.05) is 37.2 Å². The zero-order valence-electron chi connectivity index (χ0n) is 15.7. The minimum Gasteiger partial charge on any atom is -0.481 e. The van der Waals surface area contributed by atoms with Gasteiger partial charge in [-0.15, -0.1) is 0 Å². The molecule has 144 valence electrons. The van der Waals surface area contributed by atoms with Crippen molar-refractivity contribution in [3.8, 4) is 0 Å². The fourth-order valence-corrected chi connectivity index (χ4v) is 3.84. The van der Waals surface area contributed by atoms with Crippen LogP contribution in [-0.4, -0.2) is 47.1 Å². The Morgan fingerprint density at radius 2 is 1.96 bits per heavy atom. The predicted molar refractivity (Wildman–Crippen MR) is 100 cm³/mol. The van der Waals surface area contributed by atoms with Crippen LogP contribution in [0.1, 0.15) is 19.4 Å². The summed E-state index contributed by atoms with van der Waals surface area (Å²) in [5.41, 5.74) is 0.612. The topological polar surface area (TPSA) is 99.7 Å². The van der Waals surface area contributed by atoms with E-state index in [4.69, 9.17) is 4.74 Å². The highest BCUT2D eigenvalue weighted by atomic mass is 16.5. The van der Waals surface area contributed by atoms with Crippen molar-refractivity contribution in [2.45, 2.75) is 20.4 Å². The predicted octanol–water partition coefficient (Wildman–Crippen LogP) is 1.86. The number of rotatable bonds is 7. The van der Waals surface area contributed by atoms with E-state index in [1.807, 2.05) is 24.3 Å². The number of pyridine rings is 1. The van der Waals surface area contributed by atoms with E-state index in [-0.39, 0.29) is 18.0 Å². The van der Waals surface area contributed by atoms with E-state index < -0.39 is 23.2 Å². The molecular formula is C20H24N2O5. The van der Waals surface area contributed by atoms with Crippen molar-refractivity contribution in [1.82, 2.24) is 9.88 Å². The lowest BCUT2D eigenvalue weighted by Crippen LogP contribution is -2.36. The number of carbonyl (C=O) groups is 2. The first-order valence-corrected chi connectivity index (χ1v) is 8.89. The van der Waals surface area contributed by atoms with Crippen molar-refractivity contribution >= 4 is 22.8 Å². The quantitative estimate of drug-likeness (QED) is 0.773. The molecule has 7 nitrogen and oxygen atoms in total. The molecule has 0 aliphatic heterocycles. The summed E-state index contributed by atoms with van der Waals surface area (Å²) in [6.45, 7) is 4.48. The maximum atomic E-state index is 13.1. The summed E-state index contributed by atoms with van der Waals surface area (Å²) in [6, 6.07) is 8.89. The molecule has 1 aromatic carbocycles. The van der Waals surface area contributed by atoms with Crippen LogP contribution in [0.4, 0.5) is 0 Å². The molecule has 7 heteroatoms. The number of nitrogens with one attached hydrogen (secondary N) is 1. The number of carboxylic acids is 1. The van der Waals surface area contributed by atoms with Crippen LogP contribution in [0.3, 0.4) is 0 Å². The Labute approximate surface area is 156 Å². The van der Waals surface area contributed by atoms with E-state index in [0.717, 1.165) is 10.9 Å². The Morgan fingerprint density at radius 1 is 1.26 bits per heavy atom. The molecule has 0 unspecified atom stereocenters. The lowest BCUT2D eigenvalue weighted by atomic mass is 10.1. The number of benzene rings is 1. The zero-order chi connectivity index (χ0) is 19.8. The first-order valence-electron chi connectivity index (χ1n) is 8.89. The molecular weight excluding hydrogens is 348 g/mol. The monoisotopic (exact) mass is 372 g/mol. The summed E-state index contributed by atoms with van der Waals surface area (Å²) in [5.74, 6) is -2.42. The number of hydrogen-bond donors (Lipinski definition) is 2. The molecule has 27 heavy (non-hydrogen) atoms. The van der Waals surface area contributed by atoms with Gasteiger partial charge >= 0.3 is 5.97 Å². The van der Waals surface area contributed by atoms with Crippen molar-refractivity contribution in [3.05, 3.63) is 46.2 Å². The van der Waals surface area contributed by atoms with Crippen LogP contribution in [0.25, 0.3) is 10.9 Å². The standard InChI is InChI=1S/C20H24N2O5/c1-20(2)16(17(20)19(25)26)18(24)22(8-9-27-3)11-12-10-15(23)21-14-7-5-4-6-13(12)14/h4-7,10,16-17H,8-9,11H2,1-3H3,(H,21,23)(H,25,26)/t16-,17+/m1/s1. The molecule has 0 saturated heterocycles. The number of aliphatic carboxylic acids is 1. The van der Waals surface area contributed by atoms with Crippen LogP contribution in [0, 0.1) is 17.3 Å². The smallest absolute Gasteiger partial charge is 0.307 e. The Morgan fingerprint density at radius 3 is 2.59 bits per heavy atom. The maximum Gasteiger partial charge on any atom is 0.307 e. The summed E-state index contributed by atoms with van der Waals surface area (Å²) in [6.07, 6.45) is 0. The normalized spacial score (nSPS) is 20.4. The fourth-order valence-electron chi connectivity index (χ4n) is 3.84. The number of amides is 1. The van der Waals surface area contributed by atoms with Gasteiger partial charge in [0.15, 0.2) is 0 Å². The molecule has 1 aromatic heterocycles. The van der Waals surface area contributed by atoms with Crippen LogP contribution in [-0.2, 0) is 20.9 Å². The second-order valence-electron chi connectivity index (χ2n) is 7.57. The van der Waals surface area contributed by atoms with Crippen LogP contribution >= 0.6 is 0 Å². The first kappa shape index (κ1) is 19.1. The number of H-pyrrole nitrogens is 1. The molecule has 1 heterocycles. The molecule has 3 rings (SSSR count). The summed E-state index contributed by atoms with van der Waals surface area (Å²) >= 11 is 0. The van der Waals surface area contributed by atoms with Gasteiger partial charge in [0.2, 0.25) is 11.5 Å². The summed E-state index contributed by atoms with van der Waals surface area (Å²) in [5, 5.41) is 10.3. The first-order chi connectivity index (χ1) is 12.8. The molecule has 1 aliphatic rings. The van der Waals surface area contributed by atoms with Crippen LogP contribution in [0.5, 0.6) is 0 Å². The number of aromatic amines is 1. The number of fused-ring (bicyclic) bond motifs is 1. The molecule has 2 N–H and O–H groups in total. The number of ether oxygens (including phenoxy) is 1. The lowest BCUT2D eigenvalue weighted by molar-refractivity contribution is -0.142. The SMILES string of the molecule is COCCN(Cc1cc(=O)[nH]c2ccccc12)C(=O)[C@H]1[C@@H](C(=O)O)C1(C)C. The summed E-state index contributed by atoms with van der Waals surface area (Å²) in [7, 11) is 1.55. The highest BCUT2D eigenvalue weighted by Gasteiger charge is 2.66. The van der Waals surface area contributed by atoms with E-state index in [1.165, 1.54) is 6.07 Å². The molecule has 0 bridgehead atoms. The maximum absolute atomic E-state index is 13.1. The molecule has 1 saturated carbocycles. The number of nitrogens with zero attached hydrogens (tertiary/aromatic N) is 1. The third-order valence-corrected chi connectivity index (χ3v) is 5.43. The Balaban J connectivity index is 1.92. The van der Waals surface area contributed by atoms with E-state index in [9.17, 15) is 19.5 Å². The molecule has 1 aliphatic carbocycles. The third-order valence-electron chi connectivity index (χ3n) is 5.43. The van der Waals surface area contributed by atoms with Gasteiger partial charge in [-0.05, 0) is 17.0 Å². The Kier molecular flexibility index (Phi) is 5.06. The van der Waals surface area contributed by atoms with Crippen molar-refractivity contribution in [3.63, 3.8) is 0 Å². The highest BCUT2D eigenvalue weighted by Crippen LogP contribution is 2.59. The molecule has 1 amide bonds. The zero-order valence-corrected chi connectivity index (χ0v) is 15.7. The van der Waals surface area contributed by atoms with Gasteiger partial charge in [-0.25, -0.2) is 0 Å². The average Bonchev–Trinajstić information content (AvgIpc) is 3.20. The van der Waals surface area contributed by atoms with Crippen LogP contribution in [0.2, 0.25) is 0 Å². The summed E-state index contributed by atoms with van der Waals surface area (Å²) < 4.78 is 5.12. The minimum atomic E-state index is -0.952. The third kappa shape index (κ3) is 3.60. The molecule has 2 aromatic rings. The van der Waals surface area contributed by atoms with Gasteiger partial charge in [-0.2, -0.15) is 0 Å². The summed E-state index contributed by atoms with van der Waals surface area (Å²) in [4.78, 5) is 40.9. The Hall–Kier alpha value is -2.67. The van der Waals surface area contributed by atoms with Crippen molar-refractivity contribution in [2.75, 3.05) is 20.3 Å². The van der Waals surface area contributed by atoms with Crippen molar-refractivity contribution in [1.29, 1.82) is 0 Å².